The minimum Gasteiger partial charge on any atom is -0.373 e. The van der Waals surface area contributed by atoms with Gasteiger partial charge in [-0.2, -0.15) is 5.10 Å². The molecule has 0 bridgehead atoms. The van der Waals surface area contributed by atoms with Crippen LogP contribution in [0.4, 0.5) is 0 Å². The van der Waals surface area contributed by atoms with E-state index in [1.165, 1.54) is 11.1 Å². The molecule has 0 unspecified atom stereocenters. The predicted molar refractivity (Wildman–Crippen MR) is 47.3 cm³/mol. The van der Waals surface area contributed by atoms with Crippen molar-refractivity contribution in [2.45, 2.75) is 13.2 Å². The molecule has 0 saturated heterocycles. The molecule has 62 valence electrons. The average molecular weight is 180 g/mol. The van der Waals surface area contributed by atoms with Gasteiger partial charge in [0.05, 0.1) is 25.5 Å². The van der Waals surface area contributed by atoms with Crippen LogP contribution < -0.4 is 0 Å². The van der Waals surface area contributed by atoms with Gasteiger partial charge in [-0.3, -0.25) is 4.68 Å². The van der Waals surface area contributed by atoms with E-state index < -0.39 is 0 Å². The average Bonchev–Trinajstić information content (AvgIpc) is 2.62. The molecule has 1 aliphatic rings. The van der Waals surface area contributed by atoms with Crippen molar-refractivity contribution in [2.75, 3.05) is 6.61 Å². The molecule has 12 heavy (non-hydrogen) atoms. The van der Waals surface area contributed by atoms with E-state index in [0.29, 0.717) is 6.61 Å². The van der Waals surface area contributed by atoms with Crippen LogP contribution in [0.25, 0.3) is 10.2 Å². The summed E-state index contributed by atoms with van der Waals surface area (Å²) >= 11 is 1.69. The maximum absolute atomic E-state index is 5.38. The van der Waals surface area contributed by atoms with Gasteiger partial charge in [-0.05, 0) is 11.4 Å². The predicted octanol–water partition coefficient (Wildman–Crippen LogP) is 1.63. The van der Waals surface area contributed by atoms with E-state index in [0.717, 1.165) is 18.0 Å². The number of hydrogen-bond donors (Lipinski definition) is 0. The number of fused-ring (bicyclic) bond motifs is 3. The zero-order chi connectivity index (χ0) is 7.97. The van der Waals surface area contributed by atoms with Crippen molar-refractivity contribution in [2.24, 2.45) is 0 Å². The molecule has 0 radical (unpaired) electrons. The molecule has 0 fully saturated rings. The fourth-order valence-corrected chi connectivity index (χ4v) is 2.36. The van der Waals surface area contributed by atoms with Crippen LogP contribution in [0.3, 0.4) is 0 Å². The van der Waals surface area contributed by atoms with E-state index >= 15 is 0 Å². The van der Waals surface area contributed by atoms with Gasteiger partial charge in [-0.15, -0.1) is 11.3 Å². The van der Waals surface area contributed by atoms with Crippen molar-refractivity contribution in [3.05, 3.63) is 17.1 Å². The Morgan fingerprint density at radius 2 is 2.58 bits per heavy atom. The van der Waals surface area contributed by atoms with Crippen molar-refractivity contribution in [3.63, 3.8) is 0 Å². The Balaban J connectivity index is 2.34. The van der Waals surface area contributed by atoms with Gasteiger partial charge in [0, 0.05) is 5.39 Å². The van der Waals surface area contributed by atoms with E-state index in [4.69, 9.17) is 4.74 Å². The highest BCUT2D eigenvalue weighted by Crippen LogP contribution is 2.25. The third kappa shape index (κ3) is 0.763. The van der Waals surface area contributed by atoms with Crippen LogP contribution in [-0.4, -0.2) is 16.4 Å². The number of ether oxygens (including phenoxy) is 1. The Bertz CT molecular complexity index is 418. The molecule has 0 saturated carbocycles. The second kappa shape index (κ2) is 2.31. The number of rotatable bonds is 0. The number of nitrogens with zero attached hydrogens (tertiary/aromatic N) is 2. The lowest BCUT2D eigenvalue weighted by Gasteiger charge is -2.13. The highest BCUT2D eigenvalue weighted by Gasteiger charge is 2.15. The summed E-state index contributed by atoms with van der Waals surface area (Å²) in [5.74, 6) is 0. The second-order valence-corrected chi connectivity index (χ2v) is 3.76. The molecule has 0 aromatic carbocycles. The minimum atomic E-state index is 0.716. The van der Waals surface area contributed by atoms with Crippen molar-refractivity contribution in [1.29, 1.82) is 0 Å². The summed E-state index contributed by atoms with van der Waals surface area (Å²) in [5, 5.41) is 7.81. The SMILES string of the molecule is c1cc2c3n(nc2s1)CCOC3. The molecule has 3 rings (SSSR count). The van der Waals surface area contributed by atoms with Crippen LogP contribution in [0.2, 0.25) is 0 Å². The third-order valence-corrected chi connectivity index (χ3v) is 2.96. The molecular weight excluding hydrogens is 172 g/mol. The van der Waals surface area contributed by atoms with Crippen molar-refractivity contribution < 1.29 is 4.74 Å². The normalized spacial score (nSPS) is 16.7. The smallest absolute Gasteiger partial charge is 0.145 e. The minimum absolute atomic E-state index is 0.716. The summed E-state index contributed by atoms with van der Waals surface area (Å²) < 4.78 is 7.44. The molecule has 4 heteroatoms. The Morgan fingerprint density at radius 3 is 3.58 bits per heavy atom. The number of hydrogen-bond acceptors (Lipinski definition) is 3. The van der Waals surface area contributed by atoms with Crippen molar-refractivity contribution in [3.8, 4) is 0 Å². The summed E-state index contributed by atoms with van der Waals surface area (Å²) in [6.07, 6.45) is 0. The third-order valence-electron chi connectivity index (χ3n) is 2.17. The Kier molecular flexibility index (Phi) is 1.27. The molecule has 0 N–H and O–H groups in total. The van der Waals surface area contributed by atoms with Gasteiger partial charge in [0.15, 0.2) is 0 Å². The van der Waals surface area contributed by atoms with Crippen LogP contribution in [-0.2, 0) is 17.9 Å². The van der Waals surface area contributed by atoms with E-state index in [9.17, 15) is 0 Å². The molecule has 0 aliphatic carbocycles. The lowest BCUT2D eigenvalue weighted by atomic mass is 10.3. The zero-order valence-electron chi connectivity index (χ0n) is 6.49. The van der Waals surface area contributed by atoms with Gasteiger partial charge in [0.1, 0.15) is 4.83 Å². The van der Waals surface area contributed by atoms with Crippen LogP contribution in [0.5, 0.6) is 0 Å². The molecule has 1 aliphatic heterocycles. The summed E-state index contributed by atoms with van der Waals surface area (Å²) in [7, 11) is 0. The van der Waals surface area contributed by atoms with Crippen LogP contribution in [0.1, 0.15) is 5.69 Å². The van der Waals surface area contributed by atoms with Crippen LogP contribution in [0, 0.1) is 0 Å². The molecule has 0 atom stereocenters. The highest BCUT2D eigenvalue weighted by atomic mass is 32.1. The number of thiophene rings is 1. The standard InChI is InChI=1S/C8H8N2OS/c1-4-12-8-6(1)7-5-11-3-2-10(7)9-8/h1,4H,2-3,5H2. The van der Waals surface area contributed by atoms with Gasteiger partial charge in [0.25, 0.3) is 0 Å². The fourth-order valence-electron chi connectivity index (χ4n) is 1.56. The lowest BCUT2D eigenvalue weighted by Crippen LogP contribution is -2.17. The van der Waals surface area contributed by atoms with Gasteiger partial charge >= 0.3 is 0 Å². The number of aromatic nitrogens is 2. The first-order chi connectivity index (χ1) is 5.95. The molecule has 3 heterocycles. The highest BCUT2D eigenvalue weighted by molar-refractivity contribution is 7.16. The van der Waals surface area contributed by atoms with Crippen LogP contribution in [0.15, 0.2) is 11.4 Å². The summed E-state index contributed by atoms with van der Waals surface area (Å²) in [6, 6.07) is 2.12. The molecule has 0 spiro atoms. The quantitative estimate of drug-likeness (QED) is 0.616. The van der Waals surface area contributed by atoms with Gasteiger partial charge in [-0.25, -0.2) is 0 Å². The maximum Gasteiger partial charge on any atom is 0.145 e. The lowest BCUT2D eigenvalue weighted by molar-refractivity contribution is 0.0812. The molecular formula is C8H8N2OS. The first-order valence-corrected chi connectivity index (χ1v) is 4.84. The molecule has 0 amide bonds. The summed E-state index contributed by atoms with van der Waals surface area (Å²) in [4.78, 5) is 1.13. The van der Waals surface area contributed by atoms with Crippen molar-refractivity contribution >= 4 is 21.6 Å². The summed E-state index contributed by atoms with van der Waals surface area (Å²) in [6.45, 7) is 2.41. The second-order valence-electron chi connectivity index (χ2n) is 2.86. The molecule has 2 aromatic rings. The van der Waals surface area contributed by atoms with E-state index in [1.807, 2.05) is 0 Å². The van der Waals surface area contributed by atoms with Crippen molar-refractivity contribution in [1.82, 2.24) is 9.78 Å². The van der Waals surface area contributed by atoms with Gasteiger partial charge in [0.2, 0.25) is 0 Å². The Morgan fingerprint density at radius 1 is 1.58 bits per heavy atom. The van der Waals surface area contributed by atoms with Crippen LogP contribution >= 0.6 is 11.3 Å². The van der Waals surface area contributed by atoms with E-state index in [-0.39, 0.29) is 0 Å². The first-order valence-electron chi connectivity index (χ1n) is 3.96. The Labute approximate surface area is 73.6 Å². The topological polar surface area (TPSA) is 27.1 Å². The molecule has 2 aromatic heterocycles. The largest absolute Gasteiger partial charge is 0.373 e. The van der Waals surface area contributed by atoms with E-state index in [2.05, 4.69) is 21.2 Å². The Hall–Kier alpha value is -0.870. The monoisotopic (exact) mass is 180 g/mol. The zero-order valence-corrected chi connectivity index (χ0v) is 7.30. The van der Waals surface area contributed by atoms with Gasteiger partial charge in [-0.1, -0.05) is 0 Å². The maximum atomic E-state index is 5.38. The first kappa shape index (κ1) is 6.62. The fraction of sp³-hybridized carbons (Fsp3) is 0.375. The summed E-state index contributed by atoms with van der Waals surface area (Å²) in [5.41, 5.74) is 1.23. The molecule has 3 nitrogen and oxygen atoms in total. The van der Waals surface area contributed by atoms with Gasteiger partial charge < -0.3 is 4.74 Å². The van der Waals surface area contributed by atoms with E-state index in [1.54, 1.807) is 11.3 Å².